The van der Waals surface area contributed by atoms with Crippen LogP contribution in [0.1, 0.15) is 26.1 Å². The molecule has 138 valence electrons. The minimum atomic E-state index is -3.71. The zero-order valence-corrected chi connectivity index (χ0v) is 16.3. The Morgan fingerprint density at radius 3 is 2.64 bits per heavy atom. The van der Waals surface area contributed by atoms with Gasteiger partial charge in [-0.3, -0.25) is 0 Å². The van der Waals surface area contributed by atoms with Gasteiger partial charge < -0.3 is 9.88 Å². The number of hydrogen-bond acceptors (Lipinski definition) is 7. The van der Waals surface area contributed by atoms with Crippen LogP contribution in [0, 0.1) is 5.92 Å². The van der Waals surface area contributed by atoms with Crippen molar-refractivity contribution in [2.75, 3.05) is 18.1 Å². The number of nitrogens with zero attached hydrogens (tertiary/aromatic N) is 4. The molecule has 0 aliphatic heterocycles. The summed E-state index contributed by atoms with van der Waals surface area (Å²) in [6.45, 7) is 5.95. The Balaban J connectivity index is 1.88. The summed E-state index contributed by atoms with van der Waals surface area (Å²) in [5.41, 5.74) is 0. The topological polar surface area (TPSA) is 116 Å². The van der Waals surface area contributed by atoms with Crippen LogP contribution in [0.25, 0.3) is 0 Å². The first-order chi connectivity index (χ1) is 11.8. The van der Waals surface area contributed by atoms with Gasteiger partial charge in [0.2, 0.25) is 10.0 Å². The molecule has 0 amide bonds. The minimum absolute atomic E-state index is 0.00410. The molecule has 0 aliphatic rings. The second-order valence-corrected chi connectivity index (χ2v) is 8.40. The lowest BCUT2D eigenvalue weighted by Crippen LogP contribution is -2.13. The average Bonchev–Trinajstić information content (AvgIpc) is 2.92. The normalized spacial score (nSPS) is 11.9. The number of aryl methyl sites for hydroxylation is 1. The molecule has 10 heteroatoms. The molecule has 2 aromatic heterocycles. The molecule has 0 aliphatic carbocycles. The van der Waals surface area contributed by atoms with Crippen LogP contribution >= 0.6 is 11.8 Å². The van der Waals surface area contributed by atoms with Gasteiger partial charge in [-0.05, 0) is 30.7 Å². The minimum Gasteiger partial charge on any atom is -0.370 e. The molecule has 0 fully saturated rings. The van der Waals surface area contributed by atoms with Gasteiger partial charge in [-0.25, -0.2) is 18.5 Å². The Bertz CT molecular complexity index is 787. The fourth-order valence-corrected chi connectivity index (χ4v) is 3.30. The first kappa shape index (κ1) is 19.7. The lowest BCUT2D eigenvalue weighted by molar-refractivity contribution is 0.478. The van der Waals surface area contributed by atoms with E-state index in [-0.39, 0.29) is 4.90 Å². The average molecular weight is 385 g/mol. The van der Waals surface area contributed by atoms with Crippen LogP contribution in [0.15, 0.2) is 28.4 Å². The Hall–Kier alpha value is -1.65. The monoisotopic (exact) mass is 384 g/mol. The fourth-order valence-electron chi connectivity index (χ4n) is 2.32. The summed E-state index contributed by atoms with van der Waals surface area (Å²) < 4.78 is 24.6. The summed E-state index contributed by atoms with van der Waals surface area (Å²) in [6, 6.07) is 3.04. The van der Waals surface area contributed by atoms with E-state index in [1.165, 1.54) is 12.3 Å². The number of nitrogens with one attached hydrogen (secondary N) is 1. The van der Waals surface area contributed by atoms with Gasteiger partial charge in [0.1, 0.15) is 16.5 Å². The maximum Gasteiger partial charge on any atom is 0.239 e. The number of aromatic nitrogens is 4. The number of pyridine rings is 1. The molecular weight excluding hydrogens is 360 g/mol. The van der Waals surface area contributed by atoms with E-state index in [0.29, 0.717) is 18.3 Å². The van der Waals surface area contributed by atoms with E-state index >= 15 is 0 Å². The van der Waals surface area contributed by atoms with Gasteiger partial charge in [0.05, 0.1) is 0 Å². The van der Waals surface area contributed by atoms with Crippen molar-refractivity contribution in [1.29, 1.82) is 0 Å². The van der Waals surface area contributed by atoms with Crippen molar-refractivity contribution in [1.82, 2.24) is 19.7 Å². The highest BCUT2D eigenvalue weighted by molar-refractivity contribution is 7.98. The highest BCUT2D eigenvalue weighted by Crippen LogP contribution is 2.17. The van der Waals surface area contributed by atoms with E-state index in [9.17, 15) is 8.42 Å². The van der Waals surface area contributed by atoms with Crippen LogP contribution in [-0.2, 0) is 23.0 Å². The number of rotatable bonds is 9. The lowest BCUT2D eigenvalue weighted by atomic mass is 10.2. The number of sulfonamides is 1. The molecule has 0 saturated carbocycles. The molecule has 0 bridgehead atoms. The Labute approximate surface area is 152 Å². The number of hydrogen-bond donors (Lipinski definition) is 2. The van der Waals surface area contributed by atoms with Crippen LogP contribution < -0.4 is 10.5 Å². The number of anilines is 1. The quantitative estimate of drug-likeness (QED) is 0.500. The molecule has 2 aromatic rings. The zero-order chi connectivity index (χ0) is 18.4. The van der Waals surface area contributed by atoms with Gasteiger partial charge in [-0.2, -0.15) is 0 Å². The summed E-state index contributed by atoms with van der Waals surface area (Å²) in [7, 11) is -3.71. The van der Waals surface area contributed by atoms with Gasteiger partial charge in [-0.1, -0.05) is 25.6 Å². The third-order valence-electron chi connectivity index (χ3n) is 3.47. The van der Waals surface area contributed by atoms with E-state index < -0.39 is 10.0 Å². The van der Waals surface area contributed by atoms with Gasteiger partial charge in [0.25, 0.3) is 0 Å². The van der Waals surface area contributed by atoms with E-state index in [4.69, 9.17) is 5.14 Å². The number of nitrogens with two attached hydrogens (primary N) is 1. The molecule has 0 unspecified atom stereocenters. The van der Waals surface area contributed by atoms with Crippen LogP contribution in [0.2, 0.25) is 0 Å². The van der Waals surface area contributed by atoms with Crippen LogP contribution in [-0.4, -0.2) is 41.0 Å². The molecule has 2 heterocycles. The Kier molecular flexibility index (Phi) is 6.79. The zero-order valence-electron chi connectivity index (χ0n) is 14.6. The smallest absolute Gasteiger partial charge is 0.239 e. The molecule has 3 N–H and O–H groups in total. The standard InChI is InChI=1S/C15H24N6O2S2/c1-11(2)10-21-14(19-20-15(21)24-3)5-4-8-17-13-7-6-12(9-18-13)25(16,22)23/h6-7,9,11H,4-5,8,10H2,1-3H3,(H,17,18)(H2,16,22,23). The second kappa shape index (κ2) is 8.63. The van der Waals surface area contributed by atoms with Gasteiger partial charge in [0.15, 0.2) is 5.16 Å². The third kappa shape index (κ3) is 5.68. The third-order valence-corrected chi connectivity index (χ3v) is 5.04. The maximum absolute atomic E-state index is 11.2. The van der Waals surface area contributed by atoms with E-state index in [1.807, 2.05) is 6.26 Å². The molecule has 0 saturated heterocycles. The Morgan fingerprint density at radius 1 is 1.32 bits per heavy atom. The Morgan fingerprint density at radius 2 is 2.08 bits per heavy atom. The van der Waals surface area contributed by atoms with Crippen molar-refractivity contribution in [2.24, 2.45) is 11.1 Å². The van der Waals surface area contributed by atoms with E-state index in [0.717, 1.165) is 30.4 Å². The van der Waals surface area contributed by atoms with Crippen molar-refractivity contribution in [3.63, 3.8) is 0 Å². The van der Waals surface area contributed by atoms with Crippen molar-refractivity contribution in [2.45, 2.75) is 43.3 Å². The molecular formula is C15H24N6O2S2. The number of primary sulfonamides is 1. The van der Waals surface area contributed by atoms with Crippen molar-refractivity contribution in [3.8, 4) is 0 Å². The number of thioether (sulfide) groups is 1. The summed E-state index contributed by atoms with van der Waals surface area (Å²) in [5, 5.41) is 17.7. The highest BCUT2D eigenvalue weighted by atomic mass is 32.2. The molecule has 0 radical (unpaired) electrons. The summed E-state index contributed by atoms with van der Waals surface area (Å²) in [5.74, 6) is 2.12. The molecule has 0 spiro atoms. The highest BCUT2D eigenvalue weighted by Gasteiger charge is 2.12. The largest absolute Gasteiger partial charge is 0.370 e. The predicted octanol–water partition coefficient (Wildman–Crippen LogP) is 1.74. The van der Waals surface area contributed by atoms with Gasteiger partial charge in [0, 0.05) is 25.7 Å². The summed E-state index contributed by atoms with van der Waals surface area (Å²) in [4.78, 5) is 4.06. The van der Waals surface area contributed by atoms with E-state index in [1.54, 1.807) is 17.8 Å². The SMILES string of the molecule is CSc1nnc(CCCNc2ccc(S(N)(=O)=O)cn2)n1CC(C)C. The fraction of sp³-hybridized carbons (Fsp3) is 0.533. The first-order valence-corrected chi connectivity index (χ1v) is 10.8. The predicted molar refractivity (Wildman–Crippen MR) is 99.1 cm³/mol. The van der Waals surface area contributed by atoms with Crippen molar-refractivity contribution < 1.29 is 8.42 Å². The molecule has 0 atom stereocenters. The lowest BCUT2D eigenvalue weighted by Gasteiger charge is -2.12. The van der Waals surface area contributed by atoms with Crippen LogP contribution in [0.4, 0.5) is 5.82 Å². The van der Waals surface area contributed by atoms with Crippen LogP contribution in [0.3, 0.4) is 0 Å². The molecule has 0 aromatic carbocycles. The summed E-state index contributed by atoms with van der Waals surface area (Å²) in [6.07, 6.45) is 4.93. The maximum atomic E-state index is 11.2. The van der Waals surface area contributed by atoms with Crippen molar-refractivity contribution in [3.05, 3.63) is 24.2 Å². The first-order valence-electron chi connectivity index (χ1n) is 8.00. The van der Waals surface area contributed by atoms with Gasteiger partial charge >= 0.3 is 0 Å². The molecule has 8 nitrogen and oxygen atoms in total. The van der Waals surface area contributed by atoms with E-state index in [2.05, 4.69) is 38.9 Å². The van der Waals surface area contributed by atoms with Gasteiger partial charge in [-0.15, -0.1) is 10.2 Å². The van der Waals surface area contributed by atoms with Crippen LogP contribution in [0.5, 0.6) is 0 Å². The second-order valence-electron chi connectivity index (χ2n) is 6.06. The molecule has 25 heavy (non-hydrogen) atoms. The van der Waals surface area contributed by atoms with Crippen molar-refractivity contribution >= 4 is 27.6 Å². The molecule has 2 rings (SSSR count). The summed E-state index contributed by atoms with van der Waals surface area (Å²) >= 11 is 1.60.